The summed E-state index contributed by atoms with van der Waals surface area (Å²) in [6.07, 6.45) is 4.33. The smallest absolute Gasteiger partial charge is 0.230 e. The fourth-order valence-electron chi connectivity index (χ4n) is 2.64. The molecule has 118 valence electrons. The van der Waals surface area contributed by atoms with E-state index in [2.05, 4.69) is 15.5 Å². The Hall–Kier alpha value is -1.73. The van der Waals surface area contributed by atoms with Crippen molar-refractivity contribution in [3.05, 3.63) is 30.2 Å². The van der Waals surface area contributed by atoms with Crippen molar-refractivity contribution < 1.29 is 12.9 Å². The fourth-order valence-corrected chi connectivity index (χ4v) is 3.27. The molecule has 6 nitrogen and oxygen atoms in total. The minimum absolute atomic E-state index is 0.287. The quantitative estimate of drug-likeness (QED) is 0.930. The highest BCUT2D eigenvalue weighted by molar-refractivity contribution is 7.90. The largest absolute Gasteiger partial charge is 0.339 e. The van der Waals surface area contributed by atoms with Gasteiger partial charge in [0.1, 0.15) is 0 Å². The van der Waals surface area contributed by atoms with Crippen LogP contribution in [0.5, 0.6) is 0 Å². The molecule has 1 aliphatic rings. The third-order valence-electron chi connectivity index (χ3n) is 3.91. The fraction of sp³-hybridized carbons (Fsp3) is 0.467. The molecule has 0 spiro atoms. The summed E-state index contributed by atoms with van der Waals surface area (Å²) >= 11 is 0. The van der Waals surface area contributed by atoms with Gasteiger partial charge in [0.2, 0.25) is 11.7 Å². The van der Waals surface area contributed by atoms with Crippen molar-refractivity contribution in [1.29, 1.82) is 0 Å². The second-order valence-electron chi connectivity index (χ2n) is 5.63. The number of hydrogen-bond donors (Lipinski definition) is 1. The van der Waals surface area contributed by atoms with Crippen LogP contribution in [-0.4, -0.2) is 37.9 Å². The molecular weight excluding hydrogens is 302 g/mol. The zero-order valence-electron chi connectivity index (χ0n) is 12.4. The minimum atomic E-state index is -3.19. The summed E-state index contributed by atoms with van der Waals surface area (Å²) in [6, 6.07) is 6.55. The molecule has 1 saturated heterocycles. The Kier molecular flexibility index (Phi) is 4.26. The Labute approximate surface area is 129 Å². The van der Waals surface area contributed by atoms with Crippen molar-refractivity contribution in [2.45, 2.75) is 30.1 Å². The van der Waals surface area contributed by atoms with Crippen LogP contribution in [-0.2, 0) is 9.84 Å². The van der Waals surface area contributed by atoms with Gasteiger partial charge in [-0.2, -0.15) is 4.98 Å². The molecule has 2 heterocycles. The van der Waals surface area contributed by atoms with Gasteiger partial charge in [-0.1, -0.05) is 5.16 Å². The lowest BCUT2D eigenvalue weighted by molar-refractivity contribution is 0.343. The van der Waals surface area contributed by atoms with Gasteiger partial charge < -0.3 is 9.84 Å². The normalized spacial score (nSPS) is 19.8. The van der Waals surface area contributed by atoms with Crippen molar-refractivity contribution in [1.82, 2.24) is 15.5 Å². The van der Waals surface area contributed by atoms with Crippen LogP contribution in [0.15, 0.2) is 33.7 Å². The van der Waals surface area contributed by atoms with Crippen LogP contribution in [0.2, 0.25) is 0 Å². The van der Waals surface area contributed by atoms with Gasteiger partial charge in [0.25, 0.3) is 0 Å². The van der Waals surface area contributed by atoms with Gasteiger partial charge in [-0.3, -0.25) is 0 Å². The van der Waals surface area contributed by atoms with Gasteiger partial charge in [0.05, 0.1) is 4.90 Å². The van der Waals surface area contributed by atoms with Crippen molar-refractivity contribution in [3.8, 4) is 11.4 Å². The summed E-state index contributed by atoms with van der Waals surface area (Å²) in [5.41, 5.74) is 0.758. The third-order valence-corrected chi connectivity index (χ3v) is 5.04. The first kappa shape index (κ1) is 15.2. The Bertz CT molecular complexity index is 730. The predicted molar refractivity (Wildman–Crippen MR) is 82.3 cm³/mol. The molecule has 1 aromatic heterocycles. The molecule has 22 heavy (non-hydrogen) atoms. The van der Waals surface area contributed by atoms with Crippen molar-refractivity contribution >= 4 is 9.84 Å². The molecule has 0 radical (unpaired) electrons. The summed E-state index contributed by atoms with van der Waals surface area (Å²) in [6.45, 7) is 2.00. The second kappa shape index (κ2) is 6.18. The van der Waals surface area contributed by atoms with Gasteiger partial charge in [0, 0.05) is 17.7 Å². The lowest BCUT2D eigenvalue weighted by atomic mass is 10.0. The molecule has 1 fully saturated rings. The molecule has 3 rings (SSSR count). The molecule has 1 aromatic carbocycles. The number of rotatable bonds is 3. The van der Waals surface area contributed by atoms with Crippen LogP contribution in [0.25, 0.3) is 11.4 Å². The van der Waals surface area contributed by atoms with E-state index in [-0.39, 0.29) is 4.90 Å². The Morgan fingerprint density at radius 2 is 1.95 bits per heavy atom. The molecule has 1 unspecified atom stereocenters. The van der Waals surface area contributed by atoms with Crippen molar-refractivity contribution in [2.75, 3.05) is 19.3 Å². The zero-order chi connectivity index (χ0) is 15.6. The first-order valence-corrected chi connectivity index (χ1v) is 9.28. The Morgan fingerprint density at radius 1 is 1.18 bits per heavy atom. The van der Waals surface area contributed by atoms with E-state index in [1.165, 1.54) is 6.26 Å². The highest BCUT2D eigenvalue weighted by Crippen LogP contribution is 2.27. The molecule has 1 aliphatic heterocycles. The van der Waals surface area contributed by atoms with E-state index >= 15 is 0 Å². The van der Waals surface area contributed by atoms with E-state index in [1.54, 1.807) is 24.3 Å². The summed E-state index contributed by atoms with van der Waals surface area (Å²) in [4.78, 5) is 4.77. The van der Waals surface area contributed by atoms with Crippen LogP contribution in [0.1, 0.15) is 31.1 Å². The summed E-state index contributed by atoms with van der Waals surface area (Å²) in [5.74, 6) is 1.48. The maximum atomic E-state index is 11.5. The van der Waals surface area contributed by atoms with E-state index in [4.69, 9.17) is 4.52 Å². The average molecular weight is 321 g/mol. The van der Waals surface area contributed by atoms with Gasteiger partial charge >= 0.3 is 0 Å². The standard InChI is InChI=1S/C15H19N3O3S/c1-22(19,20)13-6-4-11(5-7-13)14-17-15(21-18-14)12-3-2-9-16-10-8-12/h4-7,12,16H,2-3,8-10H2,1H3. The molecular formula is C15H19N3O3S. The van der Waals surface area contributed by atoms with Gasteiger partial charge in [-0.15, -0.1) is 0 Å². The average Bonchev–Trinajstić information content (AvgIpc) is 2.82. The van der Waals surface area contributed by atoms with E-state index in [1.807, 2.05) is 0 Å². The molecule has 7 heteroatoms. The summed E-state index contributed by atoms with van der Waals surface area (Å²) in [7, 11) is -3.19. The Morgan fingerprint density at radius 3 is 2.68 bits per heavy atom. The monoisotopic (exact) mass is 321 g/mol. The first-order valence-electron chi connectivity index (χ1n) is 7.39. The van der Waals surface area contributed by atoms with Crippen LogP contribution >= 0.6 is 0 Å². The number of nitrogens with zero attached hydrogens (tertiary/aromatic N) is 2. The van der Waals surface area contributed by atoms with Gasteiger partial charge in [0.15, 0.2) is 9.84 Å². The maximum absolute atomic E-state index is 11.5. The minimum Gasteiger partial charge on any atom is -0.339 e. The van der Waals surface area contributed by atoms with Crippen molar-refractivity contribution in [3.63, 3.8) is 0 Å². The number of aromatic nitrogens is 2. The van der Waals surface area contributed by atoms with Crippen LogP contribution < -0.4 is 5.32 Å². The van der Waals surface area contributed by atoms with E-state index in [9.17, 15) is 8.42 Å². The molecule has 0 amide bonds. The molecule has 0 saturated carbocycles. The lowest BCUT2D eigenvalue weighted by Gasteiger charge is -2.06. The number of benzene rings is 1. The van der Waals surface area contributed by atoms with E-state index in [0.29, 0.717) is 17.6 Å². The van der Waals surface area contributed by atoms with Crippen LogP contribution in [0.4, 0.5) is 0 Å². The summed E-state index contributed by atoms with van der Waals surface area (Å²) in [5, 5.41) is 7.39. The zero-order valence-corrected chi connectivity index (χ0v) is 13.3. The lowest BCUT2D eigenvalue weighted by Crippen LogP contribution is -2.13. The molecule has 0 bridgehead atoms. The van der Waals surface area contributed by atoms with E-state index < -0.39 is 9.84 Å². The highest BCUT2D eigenvalue weighted by atomic mass is 32.2. The SMILES string of the molecule is CS(=O)(=O)c1ccc(-c2noc(C3CCCNCC3)n2)cc1. The second-order valence-corrected chi connectivity index (χ2v) is 7.65. The maximum Gasteiger partial charge on any atom is 0.230 e. The number of hydrogen-bond acceptors (Lipinski definition) is 6. The van der Waals surface area contributed by atoms with Crippen LogP contribution in [0, 0.1) is 0 Å². The highest BCUT2D eigenvalue weighted by Gasteiger charge is 2.21. The Balaban J connectivity index is 1.81. The molecule has 2 aromatic rings. The predicted octanol–water partition coefficient (Wildman–Crippen LogP) is 2.00. The van der Waals surface area contributed by atoms with Gasteiger partial charge in [-0.25, -0.2) is 8.42 Å². The molecule has 1 atom stereocenters. The topological polar surface area (TPSA) is 85.1 Å². The van der Waals surface area contributed by atoms with Gasteiger partial charge in [-0.05, 0) is 56.6 Å². The number of nitrogens with one attached hydrogen (secondary N) is 1. The first-order chi connectivity index (χ1) is 10.5. The summed E-state index contributed by atoms with van der Waals surface area (Å²) < 4.78 is 28.3. The van der Waals surface area contributed by atoms with E-state index in [0.717, 1.165) is 37.9 Å². The number of sulfone groups is 1. The molecule has 0 aliphatic carbocycles. The van der Waals surface area contributed by atoms with Crippen LogP contribution in [0.3, 0.4) is 0 Å². The third kappa shape index (κ3) is 3.36. The van der Waals surface area contributed by atoms with Crippen molar-refractivity contribution in [2.24, 2.45) is 0 Å². The molecule has 1 N–H and O–H groups in total.